The highest BCUT2D eigenvalue weighted by Crippen LogP contribution is 2.39. The molecule has 0 saturated heterocycles. The van der Waals surface area contributed by atoms with Crippen molar-refractivity contribution in [3.63, 3.8) is 0 Å². The van der Waals surface area contributed by atoms with Gasteiger partial charge in [-0.05, 0) is 38.5 Å². The van der Waals surface area contributed by atoms with Gasteiger partial charge in [0.05, 0.1) is 0 Å². The Kier molecular flexibility index (Phi) is 2.70. The number of ketones is 1. The molecular weight excluding hydrogens is 224 g/mol. The van der Waals surface area contributed by atoms with Crippen LogP contribution in [0.5, 0.6) is 5.75 Å². The van der Waals surface area contributed by atoms with Crippen LogP contribution in [0.15, 0.2) is 12.1 Å². The maximum absolute atomic E-state index is 11.2. The molecule has 0 aliphatic carbocycles. The zero-order valence-corrected chi connectivity index (χ0v) is 10.5. The highest BCUT2D eigenvalue weighted by Gasteiger charge is 2.32. The van der Waals surface area contributed by atoms with E-state index in [0.717, 1.165) is 23.3 Å². The summed E-state index contributed by atoms with van der Waals surface area (Å²) >= 11 is 6.04. The van der Waals surface area contributed by atoms with Gasteiger partial charge in [-0.3, -0.25) is 4.79 Å². The highest BCUT2D eigenvalue weighted by molar-refractivity contribution is 6.30. The predicted octanol–water partition coefficient (Wildman–Crippen LogP) is 3.19. The summed E-state index contributed by atoms with van der Waals surface area (Å²) in [6.45, 7) is 5.66. The Bertz CT molecular complexity index is 449. The molecule has 0 aromatic heterocycles. The first-order chi connectivity index (χ1) is 7.37. The Morgan fingerprint density at radius 2 is 2.19 bits per heavy atom. The molecule has 2 nitrogen and oxygen atoms in total. The van der Waals surface area contributed by atoms with Gasteiger partial charge in [0.1, 0.15) is 17.1 Å². The Labute approximate surface area is 101 Å². The summed E-state index contributed by atoms with van der Waals surface area (Å²) in [6.07, 6.45) is 1.23. The molecule has 0 amide bonds. The van der Waals surface area contributed by atoms with E-state index < -0.39 is 0 Å². The zero-order chi connectivity index (χ0) is 11.9. The molecule has 1 aromatic rings. The van der Waals surface area contributed by atoms with E-state index in [0.29, 0.717) is 11.4 Å². The summed E-state index contributed by atoms with van der Waals surface area (Å²) in [5.74, 6) is 0.974. The molecular formula is C13H15ClO2. The molecule has 0 bridgehead atoms. The van der Waals surface area contributed by atoms with Crippen molar-refractivity contribution in [1.82, 2.24) is 0 Å². The minimum Gasteiger partial charge on any atom is -0.487 e. The maximum Gasteiger partial charge on any atom is 0.134 e. The second kappa shape index (κ2) is 3.77. The van der Waals surface area contributed by atoms with Gasteiger partial charge in [0, 0.05) is 23.4 Å². The van der Waals surface area contributed by atoms with Crippen LogP contribution in [0, 0.1) is 0 Å². The summed E-state index contributed by atoms with van der Waals surface area (Å²) in [4.78, 5) is 11.2. The van der Waals surface area contributed by atoms with Crippen molar-refractivity contribution in [2.45, 2.75) is 39.2 Å². The largest absolute Gasteiger partial charge is 0.487 e. The van der Waals surface area contributed by atoms with Gasteiger partial charge >= 0.3 is 0 Å². The maximum atomic E-state index is 11.2. The minimum absolute atomic E-state index is 0.123. The molecule has 0 N–H and O–H groups in total. The first kappa shape index (κ1) is 11.5. The molecule has 0 fully saturated rings. The van der Waals surface area contributed by atoms with Gasteiger partial charge < -0.3 is 4.74 Å². The van der Waals surface area contributed by atoms with Crippen molar-refractivity contribution < 1.29 is 9.53 Å². The average Bonchev–Trinajstić information content (AvgIpc) is 2.38. The molecule has 1 aliphatic rings. The number of hydrogen-bond acceptors (Lipinski definition) is 2. The van der Waals surface area contributed by atoms with Gasteiger partial charge in [-0.15, -0.1) is 0 Å². The van der Waals surface area contributed by atoms with E-state index in [1.165, 1.54) is 0 Å². The standard InChI is InChI=1S/C13H15ClO2/c1-8(15)4-9-5-11(14)6-10-7-13(2,3)16-12(9)10/h5-6H,4,7H2,1-3H3. The fourth-order valence-corrected chi connectivity index (χ4v) is 2.41. The molecule has 1 aromatic carbocycles. The Morgan fingerprint density at radius 1 is 1.50 bits per heavy atom. The topological polar surface area (TPSA) is 26.3 Å². The van der Waals surface area contributed by atoms with Crippen LogP contribution in [0.2, 0.25) is 5.02 Å². The van der Waals surface area contributed by atoms with E-state index in [4.69, 9.17) is 16.3 Å². The van der Waals surface area contributed by atoms with Crippen LogP contribution in [0.4, 0.5) is 0 Å². The first-order valence-electron chi connectivity index (χ1n) is 5.37. The van der Waals surface area contributed by atoms with E-state index >= 15 is 0 Å². The van der Waals surface area contributed by atoms with Crippen LogP contribution in [0.25, 0.3) is 0 Å². The summed E-state index contributed by atoms with van der Waals surface area (Å²) in [7, 11) is 0. The lowest BCUT2D eigenvalue weighted by Crippen LogP contribution is -2.25. The Morgan fingerprint density at radius 3 is 2.81 bits per heavy atom. The molecule has 0 atom stereocenters. The van der Waals surface area contributed by atoms with E-state index in [1.54, 1.807) is 6.92 Å². The molecule has 1 heterocycles. The van der Waals surface area contributed by atoms with Crippen molar-refractivity contribution in [3.8, 4) is 5.75 Å². The molecule has 86 valence electrons. The molecule has 0 unspecified atom stereocenters. The number of halogens is 1. The Hall–Kier alpha value is -1.02. The number of rotatable bonds is 2. The lowest BCUT2D eigenvalue weighted by atomic mass is 9.99. The van der Waals surface area contributed by atoms with Crippen LogP contribution < -0.4 is 4.74 Å². The summed E-state index contributed by atoms with van der Waals surface area (Å²) in [6, 6.07) is 3.75. The van der Waals surface area contributed by atoms with Gasteiger partial charge in [0.25, 0.3) is 0 Å². The summed E-state index contributed by atoms with van der Waals surface area (Å²) < 4.78 is 5.87. The van der Waals surface area contributed by atoms with Gasteiger partial charge in [0.2, 0.25) is 0 Å². The molecule has 3 heteroatoms. The van der Waals surface area contributed by atoms with Crippen LogP contribution in [0.3, 0.4) is 0 Å². The molecule has 0 saturated carbocycles. The van der Waals surface area contributed by atoms with E-state index in [1.807, 2.05) is 26.0 Å². The average molecular weight is 239 g/mol. The lowest BCUT2D eigenvalue weighted by molar-refractivity contribution is -0.116. The van der Waals surface area contributed by atoms with E-state index in [-0.39, 0.29) is 11.4 Å². The van der Waals surface area contributed by atoms with Gasteiger partial charge in [-0.1, -0.05) is 11.6 Å². The highest BCUT2D eigenvalue weighted by atomic mass is 35.5. The summed E-state index contributed by atoms with van der Waals surface area (Å²) in [5, 5.41) is 0.677. The fraction of sp³-hybridized carbons (Fsp3) is 0.462. The molecule has 16 heavy (non-hydrogen) atoms. The molecule has 1 aliphatic heterocycles. The lowest BCUT2D eigenvalue weighted by Gasteiger charge is -2.18. The normalized spacial score (nSPS) is 16.8. The second-order valence-electron chi connectivity index (χ2n) is 4.97. The fourth-order valence-electron chi connectivity index (χ4n) is 2.14. The van der Waals surface area contributed by atoms with Gasteiger partial charge in [-0.2, -0.15) is 0 Å². The number of carbonyl (C=O) groups is 1. The third kappa shape index (κ3) is 2.22. The summed E-state index contributed by atoms with van der Waals surface area (Å²) in [5.41, 5.74) is 1.81. The van der Waals surface area contributed by atoms with Crippen LogP contribution >= 0.6 is 11.6 Å². The van der Waals surface area contributed by atoms with Crippen molar-refractivity contribution in [3.05, 3.63) is 28.3 Å². The van der Waals surface area contributed by atoms with Crippen LogP contribution in [-0.2, 0) is 17.6 Å². The van der Waals surface area contributed by atoms with Crippen molar-refractivity contribution in [2.75, 3.05) is 0 Å². The van der Waals surface area contributed by atoms with Crippen molar-refractivity contribution >= 4 is 17.4 Å². The van der Waals surface area contributed by atoms with Crippen LogP contribution in [-0.4, -0.2) is 11.4 Å². The Balaban J connectivity index is 2.45. The SMILES string of the molecule is CC(=O)Cc1cc(Cl)cc2c1OC(C)(C)C2. The van der Waals surface area contributed by atoms with Gasteiger partial charge in [-0.25, -0.2) is 0 Å². The van der Waals surface area contributed by atoms with Gasteiger partial charge in [0.15, 0.2) is 0 Å². The molecule has 2 rings (SSSR count). The number of fused-ring (bicyclic) bond motifs is 1. The quantitative estimate of drug-likeness (QED) is 0.791. The molecule has 0 spiro atoms. The molecule has 0 radical (unpaired) electrons. The van der Waals surface area contributed by atoms with E-state index in [2.05, 4.69) is 0 Å². The number of benzene rings is 1. The van der Waals surface area contributed by atoms with E-state index in [9.17, 15) is 4.79 Å². The third-order valence-electron chi connectivity index (χ3n) is 2.64. The third-order valence-corrected chi connectivity index (χ3v) is 2.86. The number of carbonyl (C=O) groups excluding carboxylic acids is 1. The minimum atomic E-state index is -0.196. The van der Waals surface area contributed by atoms with Crippen LogP contribution in [0.1, 0.15) is 31.9 Å². The van der Waals surface area contributed by atoms with Crippen molar-refractivity contribution in [2.24, 2.45) is 0 Å². The first-order valence-corrected chi connectivity index (χ1v) is 5.75. The number of Topliss-reactive ketones (excluding diaryl/α,β-unsaturated/α-hetero) is 1. The number of hydrogen-bond donors (Lipinski definition) is 0. The smallest absolute Gasteiger partial charge is 0.134 e. The predicted molar refractivity (Wildman–Crippen MR) is 64.2 cm³/mol. The number of ether oxygens (including phenoxy) is 1. The zero-order valence-electron chi connectivity index (χ0n) is 9.76. The monoisotopic (exact) mass is 238 g/mol. The van der Waals surface area contributed by atoms with Crippen molar-refractivity contribution in [1.29, 1.82) is 0 Å². The second-order valence-corrected chi connectivity index (χ2v) is 5.41.